The molecule has 8 nitrogen and oxygen atoms in total. The lowest BCUT2D eigenvalue weighted by Gasteiger charge is -2.33. The lowest BCUT2D eigenvalue weighted by Crippen LogP contribution is -2.37. The molecule has 1 aliphatic rings. The second kappa shape index (κ2) is 7.56. The van der Waals surface area contributed by atoms with Crippen LogP contribution in [-0.2, 0) is 17.7 Å². The zero-order valence-electron chi connectivity index (χ0n) is 13.4. The topological polar surface area (TPSA) is 89.2 Å². The number of hydrogen-bond donors (Lipinski definition) is 1. The largest absolute Gasteiger partial charge is 0.384 e. The molecule has 1 fully saturated rings. The minimum Gasteiger partial charge on any atom is -0.384 e. The van der Waals surface area contributed by atoms with E-state index in [1.54, 1.807) is 24.1 Å². The zero-order chi connectivity index (χ0) is 16.1. The van der Waals surface area contributed by atoms with E-state index in [2.05, 4.69) is 20.0 Å². The normalized spacial score (nSPS) is 19.3. The summed E-state index contributed by atoms with van der Waals surface area (Å²) in [5.41, 5.74) is -0.0711. The van der Waals surface area contributed by atoms with Gasteiger partial charge in [-0.15, -0.1) is 0 Å². The molecule has 0 aliphatic carbocycles. The maximum Gasteiger partial charge on any atom is 0.325 e. The Morgan fingerprint density at radius 3 is 3.13 bits per heavy atom. The molecule has 0 radical (unpaired) electrons. The Bertz CT molecular complexity index is 662. The molecule has 3 rings (SSSR count). The first kappa shape index (κ1) is 15.9. The summed E-state index contributed by atoms with van der Waals surface area (Å²) in [7, 11) is 1.66. The van der Waals surface area contributed by atoms with Crippen LogP contribution < -0.4 is 5.69 Å². The predicted octanol–water partition coefficient (Wildman–Crippen LogP) is 0.976. The van der Waals surface area contributed by atoms with E-state index in [1.807, 2.05) is 0 Å². The van der Waals surface area contributed by atoms with Crippen LogP contribution in [0.3, 0.4) is 0 Å². The second-order valence-corrected chi connectivity index (χ2v) is 5.80. The highest BCUT2D eigenvalue weighted by molar-refractivity contribution is 4.96. The fraction of sp³-hybridized carbons (Fsp3) is 0.667. The van der Waals surface area contributed by atoms with Crippen LogP contribution in [0.4, 0.5) is 0 Å². The first-order valence-corrected chi connectivity index (χ1v) is 8.07. The zero-order valence-corrected chi connectivity index (χ0v) is 13.4. The van der Waals surface area contributed by atoms with Crippen LogP contribution in [0.1, 0.15) is 37.0 Å². The lowest BCUT2D eigenvalue weighted by molar-refractivity contribution is 0.114. The highest BCUT2D eigenvalue weighted by atomic mass is 16.5. The number of nitrogens with one attached hydrogen (secondary N) is 1. The third-order valence-corrected chi connectivity index (χ3v) is 4.26. The summed E-state index contributed by atoms with van der Waals surface area (Å²) in [4.78, 5) is 21.1. The summed E-state index contributed by atoms with van der Waals surface area (Å²) in [5.74, 6) is 1.37. The van der Waals surface area contributed by atoms with Gasteiger partial charge in [0.05, 0.1) is 12.6 Å². The Kier molecular flexibility index (Phi) is 5.24. The maximum atomic E-state index is 11.6. The molecular weight excluding hydrogens is 298 g/mol. The molecule has 0 aromatic carbocycles. The number of ether oxygens (including phenoxy) is 1. The number of imidazole rings is 1. The molecule has 1 atom stereocenters. The van der Waals surface area contributed by atoms with Gasteiger partial charge in [0, 0.05) is 39.0 Å². The number of aromatic amines is 1. The van der Waals surface area contributed by atoms with Gasteiger partial charge < -0.3 is 14.2 Å². The van der Waals surface area contributed by atoms with Crippen molar-refractivity contribution < 1.29 is 9.26 Å². The van der Waals surface area contributed by atoms with Crippen molar-refractivity contribution in [3.8, 4) is 0 Å². The number of methoxy groups -OCH3 is 1. The van der Waals surface area contributed by atoms with Crippen LogP contribution in [0.2, 0.25) is 0 Å². The van der Waals surface area contributed by atoms with E-state index in [4.69, 9.17) is 9.26 Å². The molecule has 1 N–H and O–H groups in total. The van der Waals surface area contributed by atoms with Crippen LogP contribution in [0, 0.1) is 0 Å². The minimum atomic E-state index is -0.0711. The Hall–Kier alpha value is -1.93. The van der Waals surface area contributed by atoms with Gasteiger partial charge in [0.25, 0.3) is 0 Å². The van der Waals surface area contributed by atoms with Crippen LogP contribution in [0.15, 0.2) is 21.7 Å². The van der Waals surface area contributed by atoms with Gasteiger partial charge in [0.1, 0.15) is 0 Å². The average Bonchev–Trinajstić information content (AvgIpc) is 3.20. The van der Waals surface area contributed by atoms with E-state index in [1.165, 1.54) is 0 Å². The quantitative estimate of drug-likeness (QED) is 0.817. The summed E-state index contributed by atoms with van der Waals surface area (Å²) in [5, 5.41) is 4.03. The summed E-state index contributed by atoms with van der Waals surface area (Å²) in [6.45, 7) is 3.02. The van der Waals surface area contributed by atoms with Gasteiger partial charge in [-0.1, -0.05) is 11.6 Å². The minimum absolute atomic E-state index is 0.0711. The van der Waals surface area contributed by atoms with E-state index in [-0.39, 0.29) is 11.7 Å². The summed E-state index contributed by atoms with van der Waals surface area (Å²) >= 11 is 0. The van der Waals surface area contributed by atoms with Crippen molar-refractivity contribution in [2.75, 3.05) is 26.8 Å². The standard InChI is InChI=1S/C15H23N5O3/c1-22-11-5-13-17-14(23-18-13)12-4-2-3-7-19(12)9-10-20-8-6-16-15(20)21/h6,8,12H,2-5,7,9-11H2,1H3,(H,16,21). The molecule has 1 saturated heterocycles. The first-order valence-electron chi connectivity index (χ1n) is 8.07. The number of piperidine rings is 1. The van der Waals surface area contributed by atoms with Crippen molar-refractivity contribution in [2.45, 2.75) is 38.3 Å². The van der Waals surface area contributed by atoms with Crippen molar-refractivity contribution in [1.29, 1.82) is 0 Å². The summed E-state index contributed by atoms with van der Waals surface area (Å²) in [6, 6.07) is 0.141. The SMILES string of the molecule is COCCc1noc(C2CCCCN2CCn2cc[nH]c2=O)n1. The fourth-order valence-electron chi connectivity index (χ4n) is 3.00. The van der Waals surface area contributed by atoms with E-state index >= 15 is 0 Å². The molecule has 0 bridgehead atoms. The van der Waals surface area contributed by atoms with E-state index in [0.717, 1.165) is 32.4 Å². The Morgan fingerprint density at radius 1 is 1.43 bits per heavy atom. The molecule has 2 aromatic rings. The Labute approximate surface area is 134 Å². The predicted molar refractivity (Wildman–Crippen MR) is 83.1 cm³/mol. The molecular formula is C15H23N5O3. The van der Waals surface area contributed by atoms with Crippen LogP contribution >= 0.6 is 0 Å². The van der Waals surface area contributed by atoms with Crippen molar-refractivity contribution in [2.24, 2.45) is 0 Å². The van der Waals surface area contributed by atoms with Gasteiger partial charge >= 0.3 is 5.69 Å². The number of H-pyrrole nitrogens is 1. The van der Waals surface area contributed by atoms with E-state index in [9.17, 15) is 4.79 Å². The van der Waals surface area contributed by atoms with Crippen LogP contribution in [-0.4, -0.2) is 51.4 Å². The number of rotatable bonds is 7. The van der Waals surface area contributed by atoms with E-state index in [0.29, 0.717) is 31.3 Å². The van der Waals surface area contributed by atoms with Crippen molar-refractivity contribution in [3.63, 3.8) is 0 Å². The first-order chi connectivity index (χ1) is 11.3. The molecule has 0 spiro atoms. The number of likely N-dealkylation sites (tertiary alicyclic amines) is 1. The highest BCUT2D eigenvalue weighted by Crippen LogP contribution is 2.29. The Morgan fingerprint density at radius 2 is 2.35 bits per heavy atom. The Balaban J connectivity index is 1.65. The van der Waals surface area contributed by atoms with Gasteiger partial charge in [-0.25, -0.2) is 4.79 Å². The molecule has 0 saturated carbocycles. The highest BCUT2D eigenvalue weighted by Gasteiger charge is 2.28. The molecule has 1 unspecified atom stereocenters. The third kappa shape index (κ3) is 3.89. The molecule has 8 heteroatoms. The van der Waals surface area contributed by atoms with Gasteiger partial charge in [-0.05, 0) is 19.4 Å². The molecule has 2 aromatic heterocycles. The van der Waals surface area contributed by atoms with Crippen LogP contribution in [0.25, 0.3) is 0 Å². The van der Waals surface area contributed by atoms with Gasteiger partial charge in [0.15, 0.2) is 5.82 Å². The number of aromatic nitrogens is 4. The third-order valence-electron chi connectivity index (χ3n) is 4.26. The van der Waals surface area contributed by atoms with Crippen molar-refractivity contribution in [1.82, 2.24) is 24.6 Å². The van der Waals surface area contributed by atoms with Crippen molar-refractivity contribution >= 4 is 0 Å². The molecule has 3 heterocycles. The number of nitrogens with zero attached hydrogens (tertiary/aromatic N) is 4. The van der Waals surface area contributed by atoms with Gasteiger partial charge in [0.2, 0.25) is 5.89 Å². The second-order valence-electron chi connectivity index (χ2n) is 5.80. The summed E-state index contributed by atoms with van der Waals surface area (Å²) in [6.07, 6.45) is 7.41. The average molecular weight is 321 g/mol. The smallest absolute Gasteiger partial charge is 0.325 e. The molecule has 0 amide bonds. The molecule has 1 aliphatic heterocycles. The monoisotopic (exact) mass is 321 g/mol. The van der Waals surface area contributed by atoms with E-state index < -0.39 is 0 Å². The molecule has 23 heavy (non-hydrogen) atoms. The van der Waals surface area contributed by atoms with Crippen LogP contribution in [0.5, 0.6) is 0 Å². The van der Waals surface area contributed by atoms with Crippen molar-refractivity contribution in [3.05, 3.63) is 34.6 Å². The molecule has 126 valence electrons. The lowest BCUT2D eigenvalue weighted by atomic mass is 10.0. The van der Waals surface area contributed by atoms with Gasteiger partial charge in [-0.3, -0.25) is 9.47 Å². The fourth-order valence-corrected chi connectivity index (χ4v) is 3.00. The maximum absolute atomic E-state index is 11.6. The summed E-state index contributed by atoms with van der Waals surface area (Å²) < 4.78 is 12.2. The van der Waals surface area contributed by atoms with Gasteiger partial charge in [-0.2, -0.15) is 4.98 Å². The number of hydrogen-bond acceptors (Lipinski definition) is 6.